The van der Waals surface area contributed by atoms with Crippen molar-refractivity contribution in [1.29, 1.82) is 0 Å². The van der Waals surface area contributed by atoms with Crippen molar-refractivity contribution < 1.29 is 13.5 Å². The van der Waals surface area contributed by atoms with Crippen LogP contribution in [0.4, 0.5) is 8.78 Å². The predicted molar refractivity (Wildman–Crippen MR) is 70.6 cm³/mol. The van der Waals surface area contributed by atoms with Crippen LogP contribution in [0.15, 0.2) is 4.99 Å². The molecule has 0 atom stereocenters. The van der Waals surface area contributed by atoms with Crippen LogP contribution >= 0.6 is 0 Å². The normalized spacial score (nSPS) is 22.1. The third kappa shape index (κ3) is 4.93. The van der Waals surface area contributed by atoms with Crippen LogP contribution in [-0.2, 0) is 4.74 Å². The van der Waals surface area contributed by atoms with Gasteiger partial charge in [-0.05, 0) is 31.6 Å². The molecule has 6 heteroatoms. The molecule has 0 aromatic carbocycles. The number of halogens is 2. The lowest BCUT2D eigenvalue weighted by molar-refractivity contribution is 0.0129. The first-order valence-electron chi connectivity index (χ1n) is 7.04. The summed E-state index contributed by atoms with van der Waals surface area (Å²) in [4.78, 5) is 6.08. The van der Waals surface area contributed by atoms with Gasteiger partial charge in [-0.25, -0.2) is 8.78 Å². The van der Waals surface area contributed by atoms with Crippen molar-refractivity contribution in [3.05, 3.63) is 0 Å². The zero-order valence-electron chi connectivity index (χ0n) is 11.4. The smallest absolute Gasteiger partial charge is 0.255 e. The summed E-state index contributed by atoms with van der Waals surface area (Å²) in [5.74, 6) is 1.36. The summed E-state index contributed by atoms with van der Waals surface area (Å²) in [5.41, 5.74) is 0. The third-order valence-corrected chi connectivity index (χ3v) is 3.63. The van der Waals surface area contributed by atoms with Crippen molar-refractivity contribution in [2.24, 2.45) is 10.9 Å². The first-order chi connectivity index (χ1) is 9.19. The number of nitrogens with one attached hydrogen (secondary N) is 1. The Morgan fingerprint density at radius 2 is 2.00 bits per heavy atom. The number of ether oxygens (including phenoxy) is 1. The molecule has 0 spiro atoms. The Hall–Kier alpha value is -0.910. The number of aliphatic imine (C=N–C) groups is 1. The van der Waals surface area contributed by atoms with E-state index in [2.05, 4.69) is 10.3 Å². The molecule has 19 heavy (non-hydrogen) atoms. The monoisotopic (exact) mass is 275 g/mol. The third-order valence-electron chi connectivity index (χ3n) is 3.63. The molecule has 2 rings (SSSR count). The van der Waals surface area contributed by atoms with Crippen molar-refractivity contribution in [3.63, 3.8) is 0 Å². The van der Waals surface area contributed by atoms with Crippen LogP contribution in [-0.4, -0.2) is 56.7 Å². The van der Waals surface area contributed by atoms with Crippen LogP contribution in [0.25, 0.3) is 0 Å². The van der Waals surface area contributed by atoms with Gasteiger partial charge in [0.2, 0.25) is 0 Å². The second-order valence-electron chi connectivity index (χ2n) is 5.28. The zero-order chi connectivity index (χ0) is 13.7. The number of alkyl halides is 2. The molecule has 0 radical (unpaired) electrons. The van der Waals surface area contributed by atoms with Crippen molar-refractivity contribution in [3.8, 4) is 0 Å². The highest BCUT2D eigenvalue weighted by molar-refractivity contribution is 5.79. The summed E-state index contributed by atoms with van der Waals surface area (Å²) >= 11 is 0. The van der Waals surface area contributed by atoms with Gasteiger partial charge in [-0.3, -0.25) is 4.99 Å². The minimum absolute atomic E-state index is 0.324. The van der Waals surface area contributed by atoms with Crippen LogP contribution in [0.2, 0.25) is 0 Å². The van der Waals surface area contributed by atoms with Crippen LogP contribution in [0, 0.1) is 5.92 Å². The molecule has 1 N–H and O–H groups in total. The Kier molecular flexibility index (Phi) is 5.36. The number of likely N-dealkylation sites (tertiary alicyclic amines) is 1. The van der Waals surface area contributed by atoms with Gasteiger partial charge in [0, 0.05) is 26.7 Å². The first kappa shape index (κ1) is 14.5. The van der Waals surface area contributed by atoms with Gasteiger partial charge in [0.1, 0.15) is 0 Å². The van der Waals surface area contributed by atoms with Gasteiger partial charge in [-0.15, -0.1) is 0 Å². The molecule has 1 heterocycles. The zero-order valence-corrected chi connectivity index (χ0v) is 11.4. The molecule has 1 saturated carbocycles. The van der Waals surface area contributed by atoms with E-state index in [-0.39, 0.29) is 6.54 Å². The molecular formula is C13H23F2N3O. The number of guanidine groups is 1. The van der Waals surface area contributed by atoms with Gasteiger partial charge < -0.3 is 15.0 Å². The molecule has 4 nitrogen and oxygen atoms in total. The molecule has 1 aliphatic carbocycles. The highest BCUT2D eigenvalue weighted by atomic mass is 19.3. The average molecular weight is 275 g/mol. The number of piperidine rings is 1. The van der Waals surface area contributed by atoms with E-state index in [1.54, 1.807) is 7.05 Å². The highest BCUT2D eigenvalue weighted by Crippen LogP contribution is 2.30. The van der Waals surface area contributed by atoms with E-state index >= 15 is 0 Å². The largest absolute Gasteiger partial charge is 0.378 e. The Labute approximate surface area is 113 Å². The molecule has 0 aromatic rings. The number of hydrogen-bond donors (Lipinski definition) is 1. The van der Waals surface area contributed by atoms with E-state index in [0.717, 1.165) is 38.5 Å². The standard InChI is InChI=1S/C13H23F2N3O/c1-16-13(17-8-12(14)15)18-6-4-11(5-7-18)19-9-10-2-3-10/h10-12H,2-9H2,1H3,(H,16,17). The second kappa shape index (κ2) is 7.03. The fraction of sp³-hybridized carbons (Fsp3) is 0.923. The highest BCUT2D eigenvalue weighted by Gasteiger charge is 2.26. The minimum atomic E-state index is -2.35. The number of nitrogens with zero attached hydrogens (tertiary/aromatic N) is 2. The Balaban J connectivity index is 1.68. The van der Waals surface area contributed by atoms with Crippen LogP contribution in [0.3, 0.4) is 0 Å². The van der Waals surface area contributed by atoms with Crippen LogP contribution in [0.1, 0.15) is 25.7 Å². The quantitative estimate of drug-likeness (QED) is 0.613. The van der Waals surface area contributed by atoms with E-state index < -0.39 is 6.43 Å². The summed E-state index contributed by atoms with van der Waals surface area (Å²) in [5, 5.41) is 2.70. The van der Waals surface area contributed by atoms with Gasteiger partial charge in [0.15, 0.2) is 5.96 Å². The molecule has 2 fully saturated rings. The van der Waals surface area contributed by atoms with Gasteiger partial charge in [0.25, 0.3) is 6.43 Å². The molecule has 0 unspecified atom stereocenters. The van der Waals surface area contributed by atoms with E-state index in [0.29, 0.717) is 12.1 Å². The second-order valence-corrected chi connectivity index (χ2v) is 5.28. The topological polar surface area (TPSA) is 36.9 Å². The maximum atomic E-state index is 12.2. The fourth-order valence-corrected chi connectivity index (χ4v) is 2.29. The summed E-state index contributed by atoms with van der Waals surface area (Å²) in [6.07, 6.45) is 2.48. The summed E-state index contributed by atoms with van der Waals surface area (Å²) in [7, 11) is 1.63. The van der Waals surface area contributed by atoms with E-state index in [4.69, 9.17) is 4.74 Å². The van der Waals surface area contributed by atoms with E-state index in [9.17, 15) is 8.78 Å². The van der Waals surface area contributed by atoms with Crippen molar-refractivity contribution >= 4 is 5.96 Å². The lowest BCUT2D eigenvalue weighted by Crippen LogP contribution is -2.48. The number of hydrogen-bond acceptors (Lipinski definition) is 2. The average Bonchev–Trinajstić information content (AvgIpc) is 3.22. The van der Waals surface area contributed by atoms with Crippen LogP contribution in [0.5, 0.6) is 0 Å². The van der Waals surface area contributed by atoms with Crippen molar-refractivity contribution in [2.75, 3.05) is 33.3 Å². The van der Waals surface area contributed by atoms with Gasteiger partial charge in [-0.2, -0.15) is 0 Å². The summed E-state index contributed by atoms with van der Waals surface area (Å²) < 4.78 is 30.2. The maximum absolute atomic E-state index is 12.2. The Morgan fingerprint density at radius 1 is 1.32 bits per heavy atom. The predicted octanol–water partition coefficient (Wildman–Crippen LogP) is 1.72. The van der Waals surface area contributed by atoms with Crippen LogP contribution < -0.4 is 5.32 Å². The molecule has 110 valence electrons. The van der Waals surface area contributed by atoms with Gasteiger partial charge in [-0.1, -0.05) is 0 Å². The number of rotatable bonds is 5. The van der Waals surface area contributed by atoms with Gasteiger partial charge >= 0.3 is 0 Å². The molecule has 2 aliphatic rings. The lowest BCUT2D eigenvalue weighted by Gasteiger charge is -2.34. The molecule has 1 saturated heterocycles. The van der Waals surface area contributed by atoms with Gasteiger partial charge in [0.05, 0.1) is 12.6 Å². The Bertz CT molecular complexity index is 300. The summed E-state index contributed by atoms with van der Waals surface area (Å²) in [6.45, 7) is 2.18. The first-order valence-corrected chi connectivity index (χ1v) is 7.04. The lowest BCUT2D eigenvalue weighted by atomic mass is 10.1. The van der Waals surface area contributed by atoms with Crippen molar-refractivity contribution in [1.82, 2.24) is 10.2 Å². The Morgan fingerprint density at radius 3 is 2.53 bits per heavy atom. The molecule has 0 bridgehead atoms. The van der Waals surface area contributed by atoms with E-state index in [1.807, 2.05) is 4.90 Å². The SMILES string of the molecule is CN=C(NCC(F)F)N1CCC(OCC2CC2)CC1. The molecule has 1 aliphatic heterocycles. The minimum Gasteiger partial charge on any atom is -0.378 e. The molecule has 0 amide bonds. The molecular weight excluding hydrogens is 252 g/mol. The fourth-order valence-electron chi connectivity index (χ4n) is 2.29. The van der Waals surface area contributed by atoms with E-state index in [1.165, 1.54) is 12.8 Å². The molecule has 0 aromatic heterocycles. The maximum Gasteiger partial charge on any atom is 0.255 e. The summed E-state index contributed by atoms with van der Waals surface area (Å²) in [6, 6.07) is 0. The van der Waals surface area contributed by atoms with Crippen molar-refractivity contribution in [2.45, 2.75) is 38.2 Å².